The van der Waals surface area contributed by atoms with E-state index in [4.69, 9.17) is 9.47 Å². The van der Waals surface area contributed by atoms with Gasteiger partial charge in [0.15, 0.2) is 11.5 Å². The molecule has 35 heavy (non-hydrogen) atoms. The van der Waals surface area contributed by atoms with Gasteiger partial charge in [0.25, 0.3) is 0 Å². The number of rotatable bonds is 6. The number of para-hydroxylation sites is 1. The first-order chi connectivity index (χ1) is 17.2. The molecule has 2 saturated heterocycles. The summed E-state index contributed by atoms with van der Waals surface area (Å²) in [7, 11) is 0. The van der Waals surface area contributed by atoms with Crippen molar-refractivity contribution in [3.05, 3.63) is 65.7 Å². The van der Waals surface area contributed by atoms with Gasteiger partial charge in [-0.1, -0.05) is 54.6 Å². The van der Waals surface area contributed by atoms with Crippen LogP contribution < -0.4 is 9.47 Å². The maximum absolute atomic E-state index is 13.3. The van der Waals surface area contributed by atoms with Crippen LogP contribution in [0.15, 0.2) is 54.6 Å². The van der Waals surface area contributed by atoms with Gasteiger partial charge < -0.3 is 14.4 Å². The van der Waals surface area contributed by atoms with Crippen LogP contribution in [-0.2, 0) is 11.3 Å². The van der Waals surface area contributed by atoms with Crippen LogP contribution in [-0.4, -0.2) is 73.2 Å². The molecule has 3 aliphatic heterocycles. The minimum absolute atomic E-state index is 0.242. The lowest BCUT2D eigenvalue weighted by atomic mass is 9.90. The third-order valence-corrected chi connectivity index (χ3v) is 8.37. The van der Waals surface area contributed by atoms with E-state index in [1.165, 1.54) is 11.1 Å². The van der Waals surface area contributed by atoms with Gasteiger partial charge in [0.1, 0.15) is 0 Å². The van der Waals surface area contributed by atoms with E-state index in [2.05, 4.69) is 57.2 Å². The fourth-order valence-corrected chi connectivity index (χ4v) is 6.04. The second-order valence-electron chi connectivity index (χ2n) is 10.5. The summed E-state index contributed by atoms with van der Waals surface area (Å²) in [5, 5.41) is 0. The molecule has 6 rings (SSSR count). The van der Waals surface area contributed by atoms with E-state index < -0.39 is 0 Å². The molecule has 4 aliphatic rings. The van der Waals surface area contributed by atoms with E-state index in [-0.39, 0.29) is 11.3 Å². The normalized spacial score (nSPS) is 23.8. The molecule has 6 nitrogen and oxygen atoms in total. The van der Waals surface area contributed by atoms with Crippen molar-refractivity contribution >= 4 is 12.0 Å². The highest BCUT2D eigenvalue weighted by Crippen LogP contribution is 2.60. The number of hydrogen-bond donors (Lipinski definition) is 0. The smallest absolute Gasteiger partial charge is 0.231 e. The number of carbonyl (C=O) groups excluding carboxylic acids is 1. The highest BCUT2D eigenvalue weighted by molar-refractivity contribution is 5.83. The van der Waals surface area contributed by atoms with Crippen LogP contribution in [0.3, 0.4) is 0 Å². The molecule has 0 bridgehead atoms. The Hall–Kier alpha value is -2.83. The molecular formula is C29H35N3O3. The van der Waals surface area contributed by atoms with Crippen molar-refractivity contribution in [3.8, 4) is 11.5 Å². The molecular weight excluding hydrogens is 438 g/mol. The first-order valence-electron chi connectivity index (χ1n) is 13.0. The fraction of sp³-hybridized carbons (Fsp3) is 0.483. The molecule has 0 radical (unpaired) electrons. The molecule has 2 aromatic rings. The summed E-state index contributed by atoms with van der Waals surface area (Å²) in [5.74, 6) is 2.41. The molecule has 1 atom stereocenters. The summed E-state index contributed by atoms with van der Waals surface area (Å²) in [6, 6.07) is 16.6. The SMILES string of the molecule is O=C(C1CC12CCN(Cc1cccc3c1OCO3)CC2)N1CCN(C/C=C/c2ccccc2)CC1. The van der Waals surface area contributed by atoms with Gasteiger partial charge in [0.05, 0.1) is 0 Å². The minimum atomic E-state index is 0.242. The third-order valence-electron chi connectivity index (χ3n) is 8.37. The van der Waals surface area contributed by atoms with Crippen molar-refractivity contribution < 1.29 is 14.3 Å². The van der Waals surface area contributed by atoms with Crippen LogP contribution in [0, 0.1) is 11.3 Å². The molecule has 1 amide bonds. The Morgan fingerprint density at radius 1 is 0.914 bits per heavy atom. The number of nitrogens with zero attached hydrogens (tertiary/aromatic N) is 3. The number of piperazine rings is 1. The molecule has 1 aliphatic carbocycles. The summed E-state index contributed by atoms with van der Waals surface area (Å²) >= 11 is 0. The Balaban J connectivity index is 0.951. The quantitative estimate of drug-likeness (QED) is 0.637. The summed E-state index contributed by atoms with van der Waals surface area (Å²) in [6.45, 7) is 7.90. The lowest BCUT2D eigenvalue weighted by molar-refractivity contribution is -0.135. The topological polar surface area (TPSA) is 45.3 Å². The van der Waals surface area contributed by atoms with Crippen molar-refractivity contribution in [2.45, 2.75) is 25.8 Å². The Kier molecular flexibility index (Phi) is 6.25. The van der Waals surface area contributed by atoms with Crippen LogP contribution >= 0.6 is 0 Å². The zero-order chi connectivity index (χ0) is 23.7. The molecule has 1 saturated carbocycles. The minimum Gasteiger partial charge on any atom is -0.454 e. The number of hydrogen-bond acceptors (Lipinski definition) is 5. The van der Waals surface area contributed by atoms with Crippen molar-refractivity contribution in [3.63, 3.8) is 0 Å². The number of ether oxygens (including phenoxy) is 2. The number of fused-ring (bicyclic) bond motifs is 1. The highest BCUT2D eigenvalue weighted by Gasteiger charge is 2.59. The third kappa shape index (κ3) is 4.82. The van der Waals surface area contributed by atoms with Crippen LogP contribution in [0.25, 0.3) is 6.08 Å². The Labute approximate surface area is 208 Å². The summed E-state index contributed by atoms with van der Waals surface area (Å²) in [4.78, 5) is 20.4. The molecule has 3 heterocycles. The fourth-order valence-electron chi connectivity index (χ4n) is 6.04. The molecule has 1 spiro atoms. The zero-order valence-corrected chi connectivity index (χ0v) is 20.4. The Bertz CT molecular complexity index is 1070. The summed E-state index contributed by atoms with van der Waals surface area (Å²) in [5.41, 5.74) is 2.69. The maximum Gasteiger partial charge on any atom is 0.231 e. The number of piperidine rings is 1. The van der Waals surface area contributed by atoms with Crippen LogP contribution in [0.5, 0.6) is 11.5 Å². The summed E-state index contributed by atoms with van der Waals surface area (Å²) < 4.78 is 11.2. The Morgan fingerprint density at radius 3 is 2.51 bits per heavy atom. The second kappa shape index (κ2) is 9.67. The van der Waals surface area contributed by atoms with Crippen molar-refractivity contribution in [2.75, 3.05) is 52.6 Å². The van der Waals surface area contributed by atoms with E-state index in [9.17, 15) is 4.79 Å². The second-order valence-corrected chi connectivity index (χ2v) is 10.5. The molecule has 3 fully saturated rings. The van der Waals surface area contributed by atoms with Crippen molar-refractivity contribution in [1.82, 2.24) is 14.7 Å². The number of benzene rings is 2. The van der Waals surface area contributed by atoms with Crippen molar-refractivity contribution in [2.24, 2.45) is 11.3 Å². The van der Waals surface area contributed by atoms with E-state index in [1.807, 2.05) is 18.2 Å². The first kappa shape index (κ1) is 22.6. The Morgan fingerprint density at radius 2 is 1.71 bits per heavy atom. The standard InChI is InChI=1S/C29H35N3O3/c33-28(32-18-16-30(17-19-32)13-5-8-23-6-2-1-3-7-23)25-20-29(25)11-14-31(15-12-29)21-24-9-4-10-26-27(24)35-22-34-26/h1-10,25H,11-22H2/b8-5+. The van der Waals surface area contributed by atoms with Gasteiger partial charge in [0.2, 0.25) is 12.7 Å². The van der Waals surface area contributed by atoms with Gasteiger partial charge in [0, 0.05) is 50.7 Å². The molecule has 2 aromatic carbocycles. The number of likely N-dealkylation sites (tertiary alicyclic amines) is 1. The average molecular weight is 474 g/mol. The van der Waals surface area contributed by atoms with Gasteiger partial charge in [-0.2, -0.15) is 0 Å². The largest absolute Gasteiger partial charge is 0.454 e. The van der Waals surface area contributed by atoms with Crippen molar-refractivity contribution in [1.29, 1.82) is 0 Å². The average Bonchev–Trinajstić information content (AvgIpc) is 3.36. The predicted octanol–water partition coefficient (Wildman–Crippen LogP) is 3.88. The van der Waals surface area contributed by atoms with E-state index >= 15 is 0 Å². The molecule has 184 valence electrons. The van der Waals surface area contributed by atoms with E-state index in [0.29, 0.717) is 12.7 Å². The lowest BCUT2D eigenvalue weighted by Gasteiger charge is -2.36. The molecule has 0 N–H and O–H groups in total. The van der Waals surface area contributed by atoms with Gasteiger partial charge in [-0.25, -0.2) is 0 Å². The molecule has 0 aromatic heterocycles. The molecule has 1 unspecified atom stereocenters. The maximum atomic E-state index is 13.3. The highest BCUT2D eigenvalue weighted by atomic mass is 16.7. The van der Waals surface area contributed by atoms with E-state index in [1.54, 1.807) is 0 Å². The van der Waals surface area contributed by atoms with Crippen LogP contribution in [0.2, 0.25) is 0 Å². The van der Waals surface area contributed by atoms with Gasteiger partial charge >= 0.3 is 0 Å². The lowest BCUT2D eigenvalue weighted by Crippen LogP contribution is -2.49. The van der Waals surface area contributed by atoms with Gasteiger partial charge in [-0.15, -0.1) is 0 Å². The monoisotopic (exact) mass is 473 g/mol. The van der Waals surface area contributed by atoms with Gasteiger partial charge in [-0.3, -0.25) is 14.6 Å². The van der Waals surface area contributed by atoms with E-state index in [0.717, 1.165) is 83.1 Å². The van der Waals surface area contributed by atoms with Crippen LogP contribution in [0.4, 0.5) is 0 Å². The van der Waals surface area contributed by atoms with Gasteiger partial charge in [-0.05, 0) is 49.4 Å². The molecule has 6 heteroatoms. The predicted molar refractivity (Wildman–Crippen MR) is 136 cm³/mol. The zero-order valence-electron chi connectivity index (χ0n) is 20.4. The van der Waals surface area contributed by atoms with Crippen LogP contribution in [0.1, 0.15) is 30.4 Å². The first-order valence-corrected chi connectivity index (χ1v) is 13.0. The number of carbonyl (C=O) groups is 1. The number of amides is 1. The summed E-state index contributed by atoms with van der Waals surface area (Å²) in [6.07, 6.45) is 7.75.